The second-order valence-electron chi connectivity index (χ2n) is 19.5. The van der Waals surface area contributed by atoms with Crippen molar-refractivity contribution in [3.8, 4) is 0 Å². The van der Waals surface area contributed by atoms with Crippen LogP contribution in [0.5, 0.6) is 0 Å². The van der Waals surface area contributed by atoms with Crippen LogP contribution in [-0.4, -0.2) is 49.3 Å². The van der Waals surface area contributed by atoms with E-state index in [1.807, 2.05) is 0 Å². The van der Waals surface area contributed by atoms with E-state index in [9.17, 15) is 19.0 Å². The van der Waals surface area contributed by atoms with Crippen molar-refractivity contribution in [2.45, 2.75) is 238 Å². The molecule has 0 aliphatic carbocycles. The summed E-state index contributed by atoms with van der Waals surface area (Å²) in [5, 5.41) is 0. The van der Waals surface area contributed by atoms with Crippen LogP contribution < -0.4 is 5.73 Å². The maximum atomic E-state index is 12.7. The predicted octanol–water partition coefficient (Wildman–Crippen LogP) is 19.5. The highest BCUT2D eigenvalue weighted by molar-refractivity contribution is 7.47. The zero-order chi connectivity index (χ0) is 55.9. The van der Waals surface area contributed by atoms with Gasteiger partial charge in [0.15, 0.2) is 6.10 Å². The van der Waals surface area contributed by atoms with E-state index in [2.05, 4.69) is 160 Å². The molecule has 3 N–H and O–H groups in total. The van der Waals surface area contributed by atoms with Crippen molar-refractivity contribution in [1.29, 1.82) is 0 Å². The minimum absolute atomic E-state index is 0.0388. The van der Waals surface area contributed by atoms with Crippen LogP contribution in [0.15, 0.2) is 146 Å². The molecule has 0 fully saturated rings. The standard InChI is InChI=1S/C67H110NO8P/c1-3-5-7-9-11-13-15-17-19-21-23-25-27-29-30-31-32-33-34-36-38-40-42-44-46-48-50-52-54-56-58-60-67(70)76-65(64-75-77(71,72)74-62-61-68)63-73-66(69)59-57-55-53-51-49-47-45-43-41-39-37-35-28-26-24-22-20-18-16-14-12-10-8-6-4-2/h5,7,11,13,16-19,22-25,28-30,32-33,35-36,38,42,44,48,50,65H,3-4,6,8-10,12,14-15,20-21,26-27,31,34,37,39-41,43,45-47,49,51-64,68H2,1-2H3,(H,71,72)/b7-5-,13-11-,18-16-,19-17-,24-22-,25-23-,30-29-,33-32-,35-28-,38-36-,44-42-,50-48-. The predicted molar refractivity (Wildman–Crippen MR) is 330 cm³/mol. The number of esters is 2. The number of hydrogen-bond donors (Lipinski definition) is 2. The number of ether oxygens (including phenoxy) is 2. The summed E-state index contributed by atoms with van der Waals surface area (Å²) < 4.78 is 33.0. The number of phosphoric ester groups is 1. The summed E-state index contributed by atoms with van der Waals surface area (Å²) in [5.41, 5.74) is 5.38. The van der Waals surface area contributed by atoms with Crippen LogP contribution in [0.3, 0.4) is 0 Å². The lowest BCUT2D eigenvalue weighted by atomic mass is 10.1. The van der Waals surface area contributed by atoms with Gasteiger partial charge < -0.3 is 20.1 Å². The number of phosphoric acid groups is 1. The monoisotopic (exact) mass is 1090 g/mol. The van der Waals surface area contributed by atoms with Gasteiger partial charge in [0.05, 0.1) is 13.2 Å². The third-order valence-electron chi connectivity index (χ3n) is 12.2. The maximum Gasteiger partial charge on any atom is 0.472 e. The Bertz CT molecular complexity index is 1770. The molecule has 0 aromatic heterocycles. The highest BCUT2D eigenvalue weighted by Gasteiger charge is 2.26. The molecule has 0 aliphatic heterocycles. The van der Waals surface area contributed by atoms with E-state index in [-0.39, 0.29) is 32.6 Å². The van der Waals surface area contributed by atoms with Gasteiger partial charge in [-0.1, -0.05) is 243 Å². The van der Waals surface area contributed by atoms with Gasteiger partial charge in [-0.2, -0.15) is 0 Å². The molecule has 77 heavy (non-hydrogen) atoms. The lowest BCUT2D eigenvalue weighted by Crippen LogP contribution is -2.29. The molecule has 0 rings (SSSR count). The summed E-state index contributed by atoms with van der Waals surface area (Å²) in [6.45, 7) is 3.56. The van der Waals surface area contributed by atoms with Crippen molar-refractivity contribution < 1.29 is 37.6 Å². The number of hydrogen-bond acceptors (Lipinski definition) is 8. The van der Waals surface area contributed by atoms with Crippen LogP contribution in [0.25, 0.3) is 0 Å². The van der Waals surface area contributed by atoms with E-state index in [0.29, 0.717) is 12.8 Å². The lowest BCUT2D eigenvalue weighted by molar-refractivity contribution is -0.161. The Morgan fingerprint density at radius 2 is 0.714 bits per heavy atom. The van der Waals surface area contributed by atoms with Gasteiger partial charge in [-0.05, 0) is 122 Å². The first-order valence-electron chi connectivity index (χ1n) is 30.3. The van der Waals surface area contributed by atoms with Crippen molar-refractivity contribution in [3.05, 3.63) is 146 Å². The van der Waals surface area contributed by atoms with E-state index >= 15 is 0 Å². The molecule has 0 bridgehead atoms. The molecule has 0 aromatic carbocycles. The molecule has 0 heterocycles. The zero-order valence-corrected chi connectivity index (χ0v) is 49.5. The number of unbranched alkanes of at least 4 members (excludes halogenated alkanes) is 18. The van der Waals surface area contributed by atoms with Crippen molar-refractivity contribution >= 4 is 19.8 Å². The van der Waals surface area contributed by atoms with Gasteiger partial charge in [-0.15, -0.1) is 0 Å². The quantitative estimate of drug-likeness (QED) is 0.0264. The second kappa shape index (κ2) is 61.1. The van der Waals surface area contributed by atoms with Crippen LogP contribution in [0.1, 0.15) is 232 Å². The molecule has 2 unspecified atom stereocenters. The Kier molecular flexibility index (Phi) is 57.8. The number of carbonyl (C=O) groups excluding carboxylic acids is 2. The van der Waals surface area contributed by atoms with E-state index < -0.39 is 32.5 Å². The Morgan fingerprint density at radius 1 is 0.403 bits per heavy atom. The van der Waals surface area contributed by atoms with Crippen molar-refractivity contribution in [2.24, 2.45) is 5.73 Å². The molecule has 0 amide bonds. The van der Waals surface area contributed by atoms with Crippen LogP contribution in [0, 0.1) is 0 Å². The normalized spacial score (nSPS) is 14.1. The molecule has 0 aliphatic rings. The summed E-state index contributed by atoms with van der Waals surface area (Å²) >= 11 is 0. The van der Waals surface area contributed by atoms with E-state index in [0.717, 1.165) is 116 Å². The maximum absolute atomic E-state index is 12.7. The Labute approximate surface area is 471 Å². The molecule has 0 saturated heterocycles. The smallest absolute Gasteiger partial charge is 0.462 e. The number of carbonyl (C=O) groups is 2. The Balaban J connectivity index is 4.11. The van der Waals surface area contributed by atoms with E-state index in [1.165, 1.54) is 77.0 Å². The summed E-state index contributed by atoms with van der Waals surface area (Å²) in [5.74, 6) is -0.880. The van der Waals surface area contributed by atoms with Gasteiger partial charge in [0, 0.05) is 19.4 Å². The van der Waals surface area contributed by atoms with Crippen molar-refractivity contribution in [1.82, 2.24) is 0 Å². The van der Waals surface area contributed by atoms with Gasteiger partial charge in [0.1, 0.15) is 6.61 Å². The Morgan fingerprint density at radius 3 is 1.08 bits per heavy atom. The second-order valence-corrected chi connectivity index (χ2v) is 20.9. The van der Waals surface area contributed by atoms with Gasteiger partial charge in [0.25, 0.3) is 0 Å². The molecule has 2 atom stereocenters. The highest BCUT2D eigenvalue weighted by Crippen LogP contribution is 2.43. The Hall–Kier alpha value is -4.11. The molecular formula is C67H110NO8P. The van der Waals surface area contributed by atoms with E-state index in [4.69, 9.17) is 24.3 Å². The summed E-state index contributed by atoms with van der Waals surface area (Å²) in [6, 6.07) is 0. The van der Waals surface area contributed by atoms with Crippen LogP contribution >= 0.6 is 7.82 Å². The molecule has 0 spiro atoms. The van der Waals surface area contributed by atoms with Crippen LogP contribution in [-0.2, 0) is 32.7 Å². The largest absolute Gasteiger partial charge is 0.472 e. The third-order valence-corrected chi connectivity index (χ3v) is 13.2. The average molecular weight is 1090 g/mol. The summed E-state index contributed by atoms with van der Waals surface area (Å²) in [7, 11) is -4.41. The van der Waals surface area contributed by atoms with Crippen molar-refractivity contribution in [3.63, 3.8) is 0 Å². The fourth-order valence-electron chi connectivity index (χ4n) is 7.75. The number of allylic oxidation sites excluding steroid dienone is 24. The molecular weight excluding hydrogens is 978 g/mol. The highest BCUT2D eigenvalue weighted by atomic mass is 31.2. The zero-order valence-electron chi connectivity index (χ0n) is 48.6. The number of nitrogens with two attached hydrogens (primary N) is 1. The lowest BCUT2D eigenvalue weighted by Gasteiger charge is -2.19. The number of rotatable bonds is 55. The topological polar surface area (TPSA) is 134 Å². The third kappa shape index (κ3) is 61.0. The first kappa shape index (κ1) is 72.9. The van der Waals surface area contributed by atoms with Crippen LogP contribution in [0.4, 0.5) is 0 Å². The minimum atomic E-state index is -4.41. The van der Waals surface area contributed by atoms with Gasteiger partial charge in [-0.25, -0.2) is 4.57 Å². The first-order valence-corrected chi connectivity index (χ1v) is 31.8. The summed E-state index contributed by atoms with van der Waals surface area (Å²) in [4.78, 5) is 35.2. The fraction of sp³-hybridized carbons (Fsp3) is 0.612. The summed E-state index contributed by atoms with van der Waals surface area (Å²) in [6.07, 6.45) is 87.6. The van der Waals surface area contributed by atoms with Gasteiger partial charge in [0.2, 0.25) is 0 Å². The average Bonchev–Trinajstić information content (AvgIpc) is 3.42. The molecule has 0 aromatic rings. The van der Waals surface area contributed by atoms with E-state index in [1.54, 1.807) is 0 Å². The molecule has 10 heteroatoms. The van der Waals surface area contributed by atoms with Gasteiger partial charge in [-0.3, -0.25) is 18.6 Å². The SMILES string of the molecule is CC/C=C\C/C=C\C/C=C\C/C=C\C/C=C\C/C=C\C/C=C\C/C=C\C/C=C\CCCCCC(=O)OC(COC(=O)CCCCCCCCCCCC/C=C\C/C=C\C/C=C\CCCCCCC)COP(=O)(O)OCCN. The fourth-order valence-corrected chi connectivity index (χ4v) is 8.52. The molecule has 436 valence electrons. The molecule has 9 nitrogen and oxygen atoms in total. The van der Waals surface area contributed by atoms with Crippen LogP contribution in [0.2, 0.25) is 0 Å². The minimum Gasteiger partial charge on any atom is -0.462 e. The van der Waals surface area contributed by atoms with Crippen molar-refractivity contribution in [2.75, 3.05) is 26.4 Å². The first-order chi connectivity index (χ1) is 37.8. The molecule has 0 saturated carbocycles. The molecule has 0 radical (unpaired) electrons. The van der Waals surface area contributed by atoms with Gasteiger partial charge >= 0.3 is 19.8 Å².